The van der Waals surface area contributed by atoms with Crippen LogP contribution in [0.2, 0.25) is 0 Å². The Morgan fingerprint density at radius 1 is 0.923 bits per heavy atom. The van der Waals surface area contributed by atoms with Gasteiger partial charge in [0.25, 0.3) is 0 Å². The smallest absolute Gasteiger partial charge is 0.416 e. The SMILES string of the molecule is COC(=O)N(CCc1ccccc1)C(=O)CCCOCc1ccccc1. The molecule has 0 heterocycles. The number of methoxy groups -OCH3 is 1. The number of ether oxygens (including phenoxy) is 2. The summed E-state index contributed by atoms with van der Waals surface area (Å²) in [5, 5.41) is 0. The Kier molecular flexibility index (Phi) is 8.36. The van der Waals surface area contributed by atoms with Gasteiger partial charge in [0.05, 0.1) is 13.7 Å². The highest BCUT2D eigenvalue weighted by Gasteiger charge is 2.21. The van der Waals surface area contributed by atoms with Crippen molar-refractivity contribution < 1.29 is 19.1 Å². The van der Waals surface area contributed by atoms with E-state index >= 15 is 0 Å². The van der Waals surface area contributed by atoms with Crippen molar-refractivity contribution in [2.75, 3.05) is 20.3 Å². The molecule has 0 spiro atoms. The molecule has 5 nitrogen and oxygen atoms in total. The second kappa shape index (κ2) is 11.1. The summed E-state index contributed by atoms with van der Waals surface area (Å²) in [6, 6.07) is 19.6. The molecule has 2 rings (SSSR count). The second-order valence-corrected chi connectivity index (χ2v) is 5.89. The standard InChI is InChI=1S/C21H25NO4/c1-25-21(24)22(15-14-18-9-4-2-5-10-18)20(23)13-8-16-26-17-19-11-6-3-7-12-19/h2-7,9-12H,8,13-17H2,1H3. The van der Waals surface area contributed by atoms with Crippen LogP contribution in [-0.2, 0) is 27.3 Å². The molecule has 0 saturated heterocycles. The Morgan fingerprint density at radius 3 is 2.15 bits per heavy atom. The van der Waals surface area contributed by atoms with Crippen molar-refractivity contribution in [3.63, 3.8) is 0 Å². The van der Waals surface area contributed by atoms with E-state index in [1.165, 1.54) is 12.0 Å². The minimum absolute atomic E-state index is 0.240. The predicted octanol–water partition coefficient (Wildman–Crippen LogP) is 3.82. The number of rotatable bonds is 9. The van der Waals surface area contributed by atoms with E-state index in [9.17, 15) is 9.59 Å². The molecule has 0 N–H and O–H groups in total. The van der Waals surface area contributed by atoms with Crippen molar-refractivity contribution in [3.05, 3.63) is 71.8 Å². The molecule has 2 aromatic rings. The number of hydrogen-bond donors (Lipinski definition) is 0. The van der Waals surface area contributed by atoms with Crippen LogP contribution in [0.15, 0.2) is 60.7 Å². The van der Waals surface area contributed by atoms with Gasteiger partial charge in [-0.05, 0) is 24.0 Å². The van der Waals surface area contributed by atoms with Crippen LogP contribution in [0.5, 0.6) is 0 Å². The lowest BCUT2D eigenvalue weighted by atomic mass is 10.1. The first-order valence-electron chi connectivity index (χ1n) is 8.74. The van der Waals surface area contributed by atoms with E-state index < -0.39 is 6.09 Å². The van der Waals surface area contributed by atoms with Crippen LogP contribution in [0.3, 0.4) is 0 Å². The van der Waals surface area contributed by atoms with Crippen LogP contribution >= 0.6 is 0 Å². The van der Waals surface area contributed by atoms with E-state index in [2.05, 4.69) is 0 Å². The Bertz CT molecular complexity index is 673. The van der Waals surface area contributed by atoms with E-state index in [0.29, 0.717) is 32.6 Å². The van der Waals surface area contributed by atoms with Crippen molar-refractivity contribution in [3.8, 4) is 0 Å². The fraction of sp³-hybridized carbons (Fsp3) is 0.333. The second-order valence-electron chi connectivity index (χ2n) is 5.89. The van der Waals surface area contributed by atoms with Gasteiger partial charge < -0.3 is 9.47 Å². The number of imide groups is 1. The first kappa shape index (κ1) is 19.7. The summed E-state index contributed by atoms with van der Waals surface area (Å²) in [6.45, 7) is 1.29. The zero-order chi connectivity index (χ0) is 18.6. The highest BCUT2D eigenvalue weighted by atomic mass is 16.5. The van der Waals surface area contributed by atoms with E-state index in [1.807, 2.05) is 60.7 Å². The quantitative estimate of drug-likeness (QED) is 0.642. The summed E-state index contributed by atoms with van der Waals surface area (Å²) in [5.41, 5.74) is 2.17. The van der Waals surface area contributed by atoms with Crippen molar-refractivity contribution in [2.24, 2.45) is 0 Å². The fourth-order valence-electron chi connectivity index (χ4n) is 2.54. The minimum atomic E-state index is -0.615. The molecule has 0 fully saturated rings. The molecule has 138 valence electrons. The first-order valence-corrected chi connectivity index (χ1v) is 8.74. The van der Waals surface area contributed by atoms with E-state index in [-0.39, 0.29) is 12.3 Å². The Morgan fingerprint density at radius 2 is 1.54 bits per heavy atom. The highest BCUT2D eigenvalue weighted by molar-refractivity contribution is 5.91. The molecule has 5 heteroatoms. The topological polar surface area (TPSA) is 55.8 Å². The van der Waals surface area contributed by atoms with Crippen molar-refractivity contribution in [2.45, 2.75) is 25.9 Å². The fourth-order valence-corrected chi connectivity index (χ4v) is 2.54. The van der Waals surface area contributed by atoms with Crippen LogP contribution in [0, 0.1) is 0 Å². The zero-order valence-corrected chi connectivity index (χ0v) is 15.1. The molecule has 0 unspecified atom stereocenters. The molecule has 0 aromatic heterocycles. The molecule has 0 saturated carbocycles. The molecule has 0 radical (unpaired) electrons. The number of amides is 2. The average Bonchev–Trinajstić information content (AvgIpc) is 2.69. The molecular weight excluding hydrogens is 330 g/mol. The Balaban J connectivity index is 1.74. The third kappa shape index (κ3) is 6.69. The number of nitrogens with zero attached hydrogens (tertiary/aromatic N) is 1. The lowest BCUT2D eigenvalue weighted by Gasteiger charge is -2.19. The summed E-state index contributed by atoms with van der Waals surface area (Å²) in [7, 11) is 1.29. The molecule has 26 heavy (non-hydrogen) atoms. The lowest BCUT2D eigenvalue weighted by Crippen LogP contribution is -2.38. The van der Waals surface area contributed by atoms with Gasteiger partial charge in [0.1, 0.15) is 0 Å². The summed E-state index contributed by atoms with van der Waals surface area (Å²) in [4.78, 5) is 25.4. The summed E-state index contributed by atoms with van der Waals surface area (Å²) in [6.07, 6.45) is 0.797. The number of hydrogen-bond acceptors (Lipinski definition) is 4. The molecule has 2 amide bonds. The van der Waals surface area contributed by atoms with Crippen LogP contribution in [0.25, 0.3) is 0 Å². The third-order valence-electron chi connectivity index (χ3n) is 3.95. The zero-order valence-electron chi connectivity index (χ0n) is 15.1. The molecule has 0 atom stereocenters. The number of benzene rings is 2. The van der Waals surface area contributed by atoms with E-state index in [4.69, 9.17) is 9.47 Å². The lowest BCUT2D eigenvalue weighted by molar-refractivity contribution is -0.129. The normalized spacial score (nSPS) is 10.3. The molecular formula is C21H25NO4. The molecule has 0 aliphatic heterocycles. The van der Waals surface area contributed by atoms with Crippen LogP contribution in [0.4, 0.5) is 4.79 Å². The van der Waals surface area contributed by atoms with Gasteiger partial charge in [0.15, 0.2) is 0 Å². The first-order chi connectivity index (χ1) is 12.7. The van der Waals surface area contributed by atoms with Gasteiger partial charge in [-0.2, -0.15) is 0 Å². The van der Waals surface area contributed by atoms with Gasteiger partial charge in [0.2, 0.25) is 5.91 Å². The van der Waals surface area contributed by atoms with Crippen LogP contribution < -0.4 is 0 Å². The average molecular weight is 355 g/mol. The van der Waals surface area contributed by atoms with Crippen molar-refractivity contribution >= 4 is 12.0 Å². The van der Waals surface area contributed by atoms with Gasteiger partial charge in [-0.3, -0.25) is 4.79 Å². The molecule has 0 bridgehead atoms. The predicted molar refractivity (Wildman–Crippen MR) is 99.6 cm³/mol. The van der Waals surface area contributed by atoms with Gasteiger partial charge >= 0.3 is 6.09 Å². The van der Waals surface area contributed by atoms with Crippen LogP contribution in [0.1, 0.15) is 24.0 Å². The van der Waals surface area contributed by atoms with Crippen LogP contribution in [-0.4, -0.2) is 37.2 Å². The minimum Gasteiger partial charge on any atom is -0.452 e. The van der Waals surface area contributed by atoms with E-state index in [1.54, 1.807) is 0 Å². The molecule has 0 aliphatic carbocycles. The maximum Gasteiger partial charge on any atom is 0.416 e. The summed E-state index contributed by atoms with van der Waals surface area (Å²) >= 11 is 0. The van der Waals surface area contributed by atoms with E-state index in [0.717, 1.165) is 11.1 Å². The van der Waals surface area contributed by atoms with Gasteiger partial charge in [-0.15, -0.1) is 0 Å². The van der Waals surface area contributed by atoms with Crippen molar-refractivity contribution in [1.82, 2.24) is 4.90 Å². The molecule has 2 aromatic carbocycles. The third-order valence-corrected chi connectivity index (χ3v) is 3.95. The Hall–Kier alpha value is -2.66. The largest absolute Gasteiger partial charge is 0.452 e. The highest BCUT2D eigenvalue weighted by Crippen LogP contribution is 2.07. The van der Waals surface area contributed by atoms with Gasteiger partial charge in [-0.25, -0.2) is 9.69 Å². The van der Waals surface area contributed by atoms with Gasteiger partial charge in [0, 0.05) is 19.6 Å². The number of carbonyl (C=O) groups excluding carboxylic acids is 2. The Labute approximate surface area is 154 Å². The van der Waals surface area contributed by atoms with Crippen molar-refractivity contribution in [1.29, 1.82) is 0 Å². The summed E-state index contributed by atoms with van der Waals surface area (Å²) in [5.74, 6) is -0.240. The maximum atomic E-state index is 12.4. The number of carbonyl (C=O) groups is 2. The monoisotopic (exact) mass is 355 g/mol. The maximum absolute atomic E-state index is 12.4. The molecule has 0 aliphatic rings. The van der Waals surface area contributed by atoms with Gasteiger partial charge in [-0.1, -0.05) is 60.7 Å². The summed E-state index contributed by atoms with van der Waals surface area (Å²) < 4.78 is 10.3.